The molecule has 0 aromatic carbocycles. The van der Waals surface area contributed by atoms with E-state index in [1.165, 1.54) is 12.5 Å². The average molecular weight is 317 g/mol. The highest BCUT2D eigenvalue weighted by atomic mass is 127. The zero-order chi connectivity index (χ0) is 11.5. The van der Waals surface area contributed by atoms with E-state index in [4.69, 9.17) is 5.26 Å². The summed E-state index contributed by atoms with van der Waals surface area (Å²) in [4.78, 5) is 15.6. The first-order chi connectivity index (χ1) is 6.96. The smallest absolute Gasteiger partial charge is 0.266 e. The van der Waals surface area contributed by atoms with E-state index in [-0.39, 0.29) is 5.56 Å². The number of aryl methyl sites for hydroxylation is 1. The van der Waals surface area contributed by atoms with Gasteiger partial charge in [-0.25, -0.2) is 4.98 Å². The maximum Gasteiger partial charge on any atom is 0.266 e. The molecule has 5 heteroatoms. The Hall–Kier alpha value is -0.900. The van der Waals surface area contributed by atoms with Gasteiger partial charge < -0.3 is 0 Å². The van der Waals surface area contributed by atoms with Crippen LogP contribution in [0.4, 0.5) is 0 Å². The SMILES string of the molecule is CC(C)(C#N)CCn1cncc(I)c1=O. The van der Waals surface area contributed by atoms with Gasteiger partial charge in [0.25, 0.3) is 5.56 Å². The van der Waals surface area contributed by atoms with Crippen LogP contribution in [0.1, 0.15) is 20.3 Å². The van der Waals surface area contributed by atoms with E-state index in [1.807, 2.05) is 36.4 Å². The molecular weight excluding hydrogens is 305 g/mol. The van der Waals surface area contributed by atoms with Gasteiger partial charge in [0.2, 0.25) is 0 Å². The number of rotatable bonds is 3. The molecule has 0 aliphatic carbocycles. The first-order valence-electron chi connectivity index (χ1n) is 4.57. The van der Waals surface area contributed by atoms with Crippen molar-refractivity contribution in [1.29, 1.82) is 5.26 Å². The van der Waals surface area contributed by atoms with Crippen LogP contribution in [-0.2, 0) is 6.54 Å². The minimum absolute atomic E-state index is 0.0423. The van der Waals surface area contributed by atoms with Gasteiger partial charge in [0.1, 0.15) is 0 Å². The molecular formula is C10H12IN3O. The quantitative estimate of drug-likeness (QED) is 0.799. The fraction of sp³-hybridized carbons (Fsp3) is 0.500. The fourth-order valence-corrected chi connectivity index (χ4v) is 1.51. The number of hydrogen-bond donors (Lipinski definition) is 0. The molecule has 0 saturated carbocycles. The molecule has 80 valence electrons. The van der Waals surface area contributed by atoms with E-state index in [1.54, 1.807) is 4.57 Å². The lowest BCUT2D eigenvalue weighted by Crippen LogP contribution is -2.24. The Morgan fingerprint density at radius 1 is 1.67 bits per heavy atom. The first-order valence-corrected chi connectivity index (χ1v) is 5.65. The van der Waals surface area contributed by atoms with E-state index in [9.17, 15) is 4.79 Å². The van der Waals surface area contributed by atoms with E-state index in [0.717, 1.165) is 0 Å². The number of aromatic nitrogens is 2. The van der Waals surface area contributed by atoms with E-state index >= 15 is 0 Å². The van der Waals surface area contributed by atoms with Gasteiger partial charge in [-0.1, -0.05) is 0 Å². The Morgan fingerprint density at radius 2 is 2.33 bits per heavy atom. The zero-order valence-corrected chi connectivity index (χ0v) is 10.9. The predicted octanol–water partition coefficient (Wildman–Crippen LogP) is 1.79. The van der Waals surface area contributed by atoms with E-state index < -0.39 is 5.41 Å². The summed E-state index contributed by atoms with van der Waals surface area (Å²) < 4.78 is 2.14. The molecule has 0 unspecified atom stereocenters. The van der Waals surface area contributed by atoms with Crippen molar-refractivity contribution in [2.24, 2.45) is 5.41 Å². The normalized spacial score (nSPS) is 11.1. The van der Waals surface area contributed by atoms with Crippen LogP contribution in [0.2, 0.25) is 0 Å². The standard InChI is InChI=1S/C10H12IN3O/c1-10(2,6-12)3-4-14-7-13-5-8(11)9(14)15/h5,7H,3-4H2,1-2H3. The van der Waals surface area contributed by atoms with Crippen molar-refractivity contribution in [2.75, 3.05) is 0 Å². The maximum absolute atomic E-state index is 11.6. The Balaban J connectivity index is 2.80. The molecule has 0 fully saturated rings. The predicted molar refractivity (Wildman–Crippen MR) is 65.2 cm³/mol. The van der Waals surface area contributed by atoms with Gasteiger partial charge in [0.15, 0.2) is 0 Å². The molecule has 0 atom stereocenters. The monoisotopic (exact) mass is 317 g/mol. The molecule has 1 aromatic rings. The lowest BCUT2D eigenvalue weighted by molar-refractivity contribution is 0.407. The van der Waals surface area contributed by atoms with Crippen LogP contribution >= 0.6 is 22.6 Å². The van der Waals surface area contributed by atoms with Gasteiger partial charge in [-0.3, -0.25) is 9.36 Å². The number of nitrogens with zero attached hydrogens (tertiary/aromatic N) is 3. The minimum Gasteiger partial charge on any atom is -0.298 e. The second-order valence-electron chi connectivity index (χ2n) is 3.99. The Bertz CT molecular complexity index is 445. The van der Waals surface area contributed by atoms with Crippen LogP contribution in [0.25, 0.3) is 0 Å². The molecule has 0 radical (unpaired) electrons. The van der Waals surface area contributed by atoms with Crippen LogP contribution in [0.15, 0.2) is 17.3 Å². The highest BCUT2D eigenvalue weighted by Crippen LogP contribution is 2.18. The van der Waals surface area contributed by atoms with Gasteiger partial charge in [-0.2, -0.15) is 5.26 Å². The number of halogens is 1. The van der Waals surface area contributed by atoms with Crippen molar-refractivity contribution < 1.29 is 0 Å². The first kappa shape index (κ1) is 12.2. The van der Waals surface area contributed by atoms with Crippen LogP contribution < -0.4 is 5.56 Å². The van der Waals surface area contributed by atoms with Crippen molar-refractivity contribution >= 4 is 22.6 Å². The lowest BCUT2D eigenvalue weighted by Gasteiger charge is -2.15. The summed E-state index contributed by atoms with van der Waals surface area (Å²) in [5.74, 6) is 0. The Kier molecular flexibility index (Phi) is 3.85. The minimum atomic E-state index is -0.402. The topological polar surface area (TPSA) is 58.7 Å². The van der Waals surface area contributed by atoms with Crippen molar-refractivity contribution in [1.82, 2.24) is 9.55 Å². The molecule has 0 N–H and O–H groups in total. The highest BCUT2D eigenvalue weighted by molar-refractivity contribution is 14.1. The third-order valence-corrected chi connectivity index (χ3v) is 2.88. The van der Waals surface area contributed by atoms with Gasteiger partial charge in [0, 0.05) is 12.7 Å². The van der Waals surface area contributed by atoms with Crippen molar-refractivity contribution in [3.05, 3.63) is 26.4 Å². The van der Waals surface area contributed by atoms with E-state index in [2.05, 4.69) is 11.1 Å². The molecule has 1 aromatic heterocycles. The lowest BCUT2D eigenvalue weighted by atomic mass is 9.91. The third-order valence-electron chi connectivity index (χ3n) is 2.14. The summed E-state index contributed by atoms with van der Waals surface area (Å²) >= 11 is 1.96. The fourth-order valence-electron chi connectivity index (χ4n) is 1.04. The van der Waals surface area contributed by atoms with Crippen LogP contribution in [0, 0.1) is 20.3 Å². The molecule has 0 aliphatic rings. The summed E-state index contributed by atoms with van der Waals surface area (Å²) in [6.07, 6.45) is 3.69. The molecule has 1 rings (SSSR count). The number of nitriles is 1. The molecule has 1 heterocycles. The van der Waals surface area contributed by atoms with Crippen LogP contribution in [0.5, 0.6) is 0 Å². The van der Waals surface area contributed by atoms with Gasteiger partial charge >= 0.3 is 0 Å². The zero-order valence-electron chi connectivity index (χ0n) is 8.70. The Morgan fingerprint density at radius 3 is 2.93 bits per heavy atom. The molecule has 4 nitrogen and oxygen atoms in total. The van der Waals surface area contributed by atoms with Crippen LogP contribution in [-0.4, -0.2) is 9.55 Å². The second-order valence-corrected chi connectivity index (χ2v) is 5.15. The largest absolute Gasteiger partial charge is 0.298 e. The molecule has 0 aliphatic heterocycles. The third kappa shape index (κ3) is 3.30. The van der Waals surface area contributed by atoms with Gasteiger partial charge in [-0.15, -0.1) is 0 Å². The summed E-state index contributed by atoms with van der Waals surface area (Å²) in [5, 5.41) is 8.84. The summed E-state index contributed by atoms with van der Waals surface area (Å²) in [6.45, 7) is 4.25. The second kappa shape index (κ2) is 4.75. The van der Waals surface area contributed by atoms with Crippen LogP contribution in [0.3, 0.4) is 0 Å². The summed E-state index contributed by atoms with van der Waals surface area (Å²) in [5.41, 5.74) is -0.444. The average Bonchev–Trinajstić information content (AvgIpc) is 2.20. The highest BCUT2D eigenvalue weighted by Gasteiger charge is 2.16. The summed E-state index contributed by atoms with van der Waals surface area (Å²) in [7, 11) is 0. The van der Waals surface area contributed by atoms with Gasteiger partial charge in [-0.05, 0) is 42.9 Å². The molecule has 0 saturated heterocycles. The van der Waals surface area contributed by atoms with Crippen molar-refractivity contribution in [2.45, 2.75) is 26.8 Å². The molecule has 15 heavy (non-hydrogen) atoms. The molecule has 0 bridgehead atoms. The molecule has 0 spiro atoms. The molecule has 0 amide bonds. The Labute approximate surface area is 102 Å². The van der Waals surface area contributed by atoms with Crippen molar-refractivity contribution in [3.63, 3.8) is 0 Å². The van der Waals surface area contributed by atoms with Gasteiger partial charge in [0.05, 0.1) is 21.4 Å². The van der Waals surface area contributed by atoms with Crippen molar-refractivity contribution in [3.8, 4) is 6.07 Å². The maximum atomic E-state index is 11.6. The summed E-state index contributed by atoms with van der Waals surface area (Å²) in [6, 6.07) is 2.21. The number of hydrogen-bond acceptors (Lipinski definition) is 3. The van der Waals surface area contributed by atoms with E-state index in [0.29, 0.717) is 16.5 Å².